The minimum absolute atomic E-state index is 0.133. The maximum absolute atomic E-state index is 6.89. The van der Waals surface area contributed by atoms with Crippen molar-refractivity contribution in [2.45, 2.75) is 108 Å². The van der Waals surface area contributed by atoms with Gasteiger partial charge in [0, 0.05) is 40.4 Å². The minimum atomic E-state index is 0.133. The molecule has 7 unspecified atom stereocenters. The first-order valence-electron chi connectivity index (χ1n) is 23.2. The van der Waals surface area contributed by atoms with Crippen LogP contribution in [0.5, 0.6) is 0 Å². The molecule has 8 atom stereocenters. The molecule has 2 aliphatic heterocycles. The van der Waals surface area contributed by atoms with Crippen LogP contribution >= 0.6 is 0 Å². The van der Waals surface area contributed by atoms with Crippen LogP contribution in [0, 0.1) is 29.6 Å². The summed E-state index contributed by atoms with van der Waals surface area (Å²) in [6.07, 6.45) is 47.1. The second-order valence-corrected chi connectivity index (χ2v) is 18.9. The molecule has 0 saturated carbocycles. The average molecular weight is 776 g/mol. The summed E-state index contributed by atoms with van der Waals surface area (Å²) < 4.78 is 13.7. The summed E-state index contributed by atoms with van der Waals surface area (Å²) in [7, 11) is 0. The van der Waals surface area contributed by atoms with Crippen LogP contribution in [0.4, 0.5) is 0 Å². The Kier molecular flexibility index (Phi) is 9.16. The summed E-state index contributed by atoms with van der Waals surface area (Å²) in [4.78, 5) is 2.74. The molecule has 0 N–H and O–H groups in total. The molecule has 0 amide bonds. The molecule has 298 valence electrons. The van der Waals surface area contributed by atoms with Crippen LogP contribution in [-0.4, -0.2) is 23.1 Å². The maximum atomic E-state index is 6.89. The smallest absolute Gasteiger partial charge is 0.121 e. The van der Waals surface area contributed by atoms with Crippen LogP contribution in [0.3, 0.4) is 0 Å². The second kappa shape index (κ2) is 15.0. The fraction of sp³-hybridized carbons (Fsp3) is 0.393. The highest BCUT2D eigenvalue weighted by atomic mass is 16.5. The van der Waals surface area contributed by atoms with Gasteiger partial charge in [0.25, 0.3) is 0 Å². The Balaban J connectivity index is 0.864. The standard InChI is InChI=1S/C56H57NO2/c1-2-12-39(13-3-1)46-18-10-19-48-50-34-42(27-32-53(50)58-55(46)48)38-25-30-45(31-26-38)57(44-28-23-37(24-29-44)41-22-21-36-11-4-5-14-40(36)33-41)51-35-43-15-6-7-16-47(43)56-54(51)49-17-8-9-20-52(49)59-56/h1-3,6-8,12-13,15-18,23,25,27-28,30-32,34-35,38,41,48,50-51,53-55H,4-5,9-11,14,19-22,24,26,29,33H2/t38?,41-,48?,50?,51?,53?,54?,55?/m1/s1. The minimum Gasteiger partial charge on any atom is -0.464 e. The summed E-state index contributed by atoms with van der Waals surface area (Å²) in [5.41, 5.74) is 13.6. The van der Waals surface area contributed by atoms with Crippen LogP contribution in [0.25, 0.3) is 17.4 Å². The van der Waals surface area contributed by atoms with Crippen LogP contribution in [0.1, 0.15) is 95.5 Å². The van der Waals surface area contributed by atoms with Crippen molar-refractivity contribution in [3.8, 4) is 0 Å². The molecule has 12 rings (SSSR count). The molecule has 0 aromatic heterocycles. The Morgan fingerprint density at radius 2 is 1.63 bits per heavy atom. The van der Waals surface area contributed by atoms with Crippen molar-refractivity contribution in [3.63, 3.8) is 0 Å². The van der Waals surface area contributed by atoms with Crippen molar-refractivity contribution in [1.82, 2.24) is 4.90 Å². The SMILES string of the molecule is C1=CC2=C(CC1)OC1=c3ccccc3=CC(N(C3=CCC(C4=CC5C(C=C4)OC4C(c6ccccc6)=CCCC45)C=C3)C3=CC=C([C@@H]4CCC5=C(CCCC5)C4)CC3)C21. The number of benzene rings is 2. The largest absolute Gasteiger partial charge is 0.464 e. The molecule has 8 aliphatic carbocycles. The Bertz CT molecular complexity index is 2510. The number of rotatable bonds is 6. The molecule has 1 saturated heterocycles. The van der Waals surface area contributed by atoms with E-state index in [1.54, 1.807) is 5.57 Å². The van der Waals surface area contributed by atoms with Gasteiger partial charge in [-0.25, -0.2) is 0 Å². The van der Waals surface area contributed by atoms with E-state index in [9.17, 15) is 0 Å². The number of ether oxygens (including phenoxy) is 2. The molecular formula is C56H57NO2. The van der Waals surface area contributed by atoms with Crippen LogP contribution < -0.4 is 10.4 Å². The van der Waals surface area contributed by atoms with E-state index in [-0.39, 0.29) is 24.2 Å². The Labute approximate surface area is 350 Å². The third kappa shape index (κ3) is 6.33. The quantitative estimate of drug-likeness (QED) is 0.273. The van der Waals surface area contributed by atoms with Gasteiger partial charge in [0.15, 0.2) is 0 Å². The van der Waals surface area contributed by atoms with Crippen LogP contribution in [0.2, 0.25) is 0 Å². The zero-order valence-electron chi connectivity index (χ0n) is 34.4. The zero-order valence-corrected chi connectivity index (χ0v) is 34.4. The summed E-state index contributed by atoms with van der Waals surface area (Å²) >= 11 is 0. The van der Waals surface area contributed by atoms with E-state index >= 15 is 0 Å². The van der Waals surface area contributed by atoms with Gasteiger partial charge in [-0.2, -0.15) is 0 Å². The van der Waals surface area contributed by atoms with Gasteiger partial charge in [-0.3, -0.25) is 0 Å². The number of nitrogens with zero attached hydrogens (tertiary/aromatic N) is 1. The molecule has 10 aliphatic rings. The number of hydrogen-bond donors (Lipinski definition) is 0. The highest BCUT2D eigenvalue weighted by molar-refractivity contribution is 5.71. The topological polar surface area (TPSA) is 21.7 Å². The number of fused-ring (bicyclic) bond motifs is 6. The third-order valence-corrected chi connectivity index (χ3v) is 15.7. The molecule has 59 heavy (non-hydrogen) atoms. The Morgan fingerprint density at radius 1 is 0.729 bits per heavy atom. The van der Waals surface area contributed by atoms with E-state index in [1.165, 1.54) is 101 Å². The Morgan fingerprint density at radius 3 is 2.51 bits per heavy atom. The molecule has 1 fully saturated rings. The van der Waals surface area contributed by atoms with Crippen molar-refractivity contribution in [1.29, 1.82) is 0 Å². The van der Waals surface area contributed by atoms with Gasteiger partial charge >= 0.3 is 0 Å². The lowest BCUT2D eigenvalue weighted by Gasteiger charge is -2.42. The van der Waals surface area contributed by atoms with Gasteiger partial charge < -0.3 is 14.4 Å². The second-order valence-electron chi connectivity index (χ2n) is 18.9. The van der Waals surface area contributed by atoms with Crippen molar-refractivity contribution >= 4 is 17.4 Å². The van der Waals surface area contributed by atoms with Gasteiger partial charge in [-0.1, -0.05) is 132 Å². The van der Waals surface area contributed by atoms with E-state index in [0.717, 1.165) is 50.2 Å². The predicted molar refractivity (Wildman–Crippen MR) is 239 cm³/mol. The van der Waals surface area contributed by atoms with Gasteiger partial charge in [0.1, 0.15) is 11.5 Å². The molecule has 2 heterocycles. The van der Waals surface area contributed by atoms with E-state index in [4.69, 9.17) is 9.47 Å². The molecule has 0 spiro atoms. The Hall–Kier alpha value is -4.86. The molecule has 3 nitrogen and oxygen atoms in total. The first kappa shape index (κ1) is 36.0. The highest BCUT2D eigenvalue weighted by Crippen LogP contribution is 2.50. The zero-order chi connectivity index (χ0) is 38.9. The fourth-order valence-electron chi connectivity index (χ4n) is 12.7. The molecule has 0 bridgehead atoms. The van der Waals surface area contributed by atoms with E-state index < -0.39 is 0 Å². The average Bonchev–Trinajstić information content (AvgIpc) is 3.89. The monoisotopic (exact) mass is 775 g/mol. The first-order chi connectivity index (χ1) is 29.2. The van der Waals surface area contributed by atoms with Gasteiger partial charge in [0.05, 0.1) is 24.2 Å². The summed E-state index contributed by atoms with van der Waals surface area (Å²) in [6.45, 7) is 0. The normalized spacial score (nSPS) is 32.8. The molecule has 2 aromatic rings. The third-order valence-electron chi connectivity index (χ3n) is 15.7. The number of allylic oxidation sites excluding steroid dienone is 15. The lowest BCUT2D eigenvalue weighted by molar-refractivity contribution is 0.0885. The maximum Gasteiger partial charge on any atom is 0.121 e. The van der Waals surface area contributed by atoms with Crippen LogP contribution in [0.15, 0.2) is 166 Å². The van der Waals surface area contributed by atoms with Crippen molar-refractivity contribution in [2.75, 3.05) is 0 Å². The lowest BCUT2D eigenvalue weighted by atomic mass is 9.73. The van der Waals surface area contributed by atoms with Crippen molar-refractivity contribution in [2.24, 2.45) is 29.6 Å². The lowest BCUT2D eigenvalue weighted by Crippen LogP contribution is -2.46. The van der Waals surface area contributed by atoms with Crippen LogP contribution in [-0.2, 0) is 9.47 Å². The molecule has 2 aromatic carbocycles. The molecular weight excluding hydrogens is 719 g/mol. The van der Waals surface area contributed by atoms with Gasteiger partial charge in [-0.05, 0) is 129 Å². The van der Waals surface area contributed by atoms with E-state index in [0.29, 0.717) is 17.8 Å². The summed E-state index contributed by atoms with van der Waals surface area (Å²) in [6, 6.07) is 20.0. The van der Waals surface area contributed by atoms with E-state index in [1.807, 2.05) is 11.1 Å². The van der Waals surface area contributed by atoms with E-state index in [2.05, 4.69) is 132 Å². The first-order valence-corrected chi connectivity index (χ1v) is 23.2. The summed E-state index contributed by atoms with van der Waals surface area (Å²) in [5, 5.41) is 2.55. The predicted octanol–water partition coefficient (Wildman–Crippen LogP) is 11.6. The number of hydrogen-bond acceptors (Lipinski definition) is 3. The van der Waals surface area contributed by atoms with Gasteiger partial charge in [-0.15, -0.1) is 0 Å². The summed E-state index contributed by atoms with van der Waals surface area (Å²) in [5.74, 6) is 4.54. The van der Waals surface area contributed by atoms with Gasteiger partial charge in [0.2, 0.25) is 0 Å². The fourth-order valence-corrected chi connectivity index (χ4v) is 12.7. The van der Waals surface area contributed by atoms with Crippen molar-refractivity contribution < 1.29 is 9.47 Å². The molecule has 0 radical (unpaired) electrons. The highest BCUT2D eigenvalue weighted by Gasteiger charge is 2.47. The molecule has 3 heteroatoms. The van der Waals surface area contributed by atoms with Crippen molar-refractivity contribution in [3.05, 3.63) is 182 Å².